The van der Waals surface area contributed by atoms with E-state index in [0.717, 1.165) is 19.5 Å². The summed E-state index contributed by atoms with van der Waals surface area (Å²) in [4.78, 5) is 29.3. The van der Waals surface area contributed by atoms with Crippen LogP contribution in [0.4, 0.5) is 0 Å². The molecule has 2 aliphatic rings. The number of hydrogen-bond acceptors (Lipinski definition) is 4. The van der Waals surface area contributed by atoms with E-state index in [4.69, 9.17) is 5.11 Å². The van der Waals surface area contributed by atoms with Crippen molar-refractivity contribution >= 4 is 11.9 Å². The van der Waals surface area contributed by atoms with Crippen LogP contribution in [0.1, 0.15) is 13.3 Å². The van der Waals surface area contributed by atoms with Gasteiger partial charge in [0.2, 0.25) is 5.91 Å². The van der Waals surface area contributed by atoms with Crippen LogP contribution in [0.2, 0.25) is 0 Å². The van der Waals surface area contributed by atoms with Gasteiger partial charge in [-0.25, -0.2) is 0 Å². The molecule has 0 saturated carbocycles. The van der Waals surface area contributed by atoms with E-state index in [1.807, 2.05) is 16.8 Å². The molecule has 2 atom stereocenters. The lowest BCUT2D eigenvalue weighted by Gasteiger charge is -2.37. The summed E-state index contributed by atoms with van der Waals surface area (Å²) in [6, 6.07) is -0.463. The van der Waals surface area contributed by atoms with Gasteiger partial charge in [-0.15, -0.1) is 0 Å². The molecule has 2 unspecified atom stereocenters. The number of piperazine rings is 1. The summed E-state index contributed by atoms with van der Waals surface area (Å²) in [6.07, 6.45) is 0.946. The Bertz CT molecular complexity index is 353. The molecule has 0 spiro atoms. The molecule has 6 heteroatoms. The summed E-state index contributed by atoms with van der Waals surface area (Å²) in [5.41, 5.74) is 0. The van der Waals surface area contributed by atoms with Crippen LogP contribution < -0.4 is 0 Å². The molecule has 0 bridgehead atoms. The SMILES string of the molecule is CC(C(=O)O)N1CCN(C(=O)C2CCN(C)C2)CC1. The number of likely N-dealkylation sites (tertiary alicyclic amines) is 1. The van der Waals surface area contributed by atoms with Crippen molar-refractivity contribution in [2.75, 3.05) is 46.3 Å². The van der Waals surface area contributed by atoms with Gasteiger partial charge in [0, 0.05) is 32.7 Å². The van der Waals surface area contributed by atoms with Crippen molar-refractivity contribution in [3.63, 3.8) is 0 Å². The number of carboxylic acids is 1. The predicted molar refractivity (Wildman–Crippen MR) is 70.9 cm³/mol. The van der Waals surface area contributed by atoms with Gasteiger partial charge in [-0.1, -0.05) is 0 Å². The van der Waals surface area contributed by atoms with Crippen molar-refractivity contribution in [1.29, 1.82) is 0 Å². The first-order valence-electron chi connectivity index (χ1n) is 6.93. The van der Waals surface area contributed by atoms with Crippen molar-refractivity contribution in [3.05, 3.63) is 0 Å². The van der Waals surface area contributed by atoms with Gasteiger partial charge >= 0.3 is 5.97 Å². The van der Waals surface area contributed by atoms with E-state index in [1.165, 1.54) is 0 Å². The van der Waals surface area contributed by atoms with Gasteiger partial charge in [0.1, 0.15) is 6.04 Å². The Hall–Kier alpha value is -1.14. The topological polar surface area (TPSA) is 64.1 Å². The molecule has 1 N–H and O–H groups in total. The van der Waals surface area contributed by atoms with Gasteiger partial charge in [-0.05, 0) is 26.9 Å². The molecule has 0 aromatic heterocycles. The Balaban J connectivity index is 1.83. The molecule has 2 heterocycles. The molecule has 108 valence electrons. The molecule has 0 aromatic carbocycles. The molecule has 2 saturated heterocycles. The van der Waals surface area contributed by atoms with Gasteiger partial charge in [0.05, 0.1) is 5.92 Å². The molecule has 2 fully saturated rings. The maximum Gasteiger partial charge on any atom is 0.320 e. The largest absolute Gasteiger partial charge is 0.480 e. The van der Waals surface area contributed by atoms with Crippen molar-refractivity contribution in [2.45, 2.75) is 19.4 Å². The normalized spacial score (nSPS) is 27.5. The monoisotopic (exact) mass is 269 g/mol. The highest BCUT2D eigenvalue weighted by molar-refractivity contribution is 5.79. The van der Waals surface area contributed by atoms with Crippen LogP contribution in [0.15, 0.2) is 0 Å². The minimum Gasteiger partial charge on any atom is -0.480 e. The van der Waals surface area contributed by atoms with Crippen LogP contribution in [-0.4, -0.2) is 84.0 Å². The average Bonchev–Trinajstić information content (AvgIpc) is 2.84. The first-order chi connectivity index (χ1) is 8.99. The maximum absolute atomic E-state index is 12.3. The molecular formula is C13H23N3O3. The summed E-state index contributed by atoms with van der Waals surface area (Å²) in [5, 5.41) is 8.98. The highest BCUT2D eigenvalue weighted by Crippen LogP contribution is 2.18. The highest BCUT2D eigenvalue weighted by atomic mass is 16.4. The smallest absolute Gasteiger partial charge is 0.320 e. The van der Waals surface area contributed by atoms with E-state index < -0.39 is 12.0 Å². The van der Waals surface area contributed by atoms with Gasteiger partial charge in [-0.2, -0.15) is 0 Å². The molecule has 1 amide bonds. The Morgan fingerprint density at radius 3 is 2.26 bits per heavy atom. The van der Waals surface area contributed by atoms with Gasteiger partial charge in [-0.3, -0.25) is 14.5 Å². The van der Waals surface area contributed by atoms with Crippen LogP contribution in [0.5, 0.6) is 0 Å². The molecule has 19 heavy (non-hydrogen) atoms. The van der Waals surface area contributed by atoms with Crippen LogP contribution in [-0.2, 0) is 9.59 Å². The summed E-state index contributed by atoms with van der Waals surface area (Å²) in [6.45, 7) is 6.15. The number of nitrogens with zero attached hydrogens (tertiary/aromatic N) is 3. The van der Waals surface area contributed by atoms with E-state index >= 15 is 0 Å². The Morgan fingerprint density at radius 1 is 1.16 bits per heavy atom. The fourth-order valence-electron chi connectivity index (χ4n) is 2.88. The molecule has 2 rings (SSSR count). The van der Waals surface area contributed by atoms with Gasteiger partial charge < -0.3 is 14.9 Å². The van der Waals surface area contributed by atoms with E-state index in [2.05, 4.69) is 4.90 Å². The maximum atomic E-state index is 12.3. The molecule has 6 nitrogen and oxygen atoms in total. The van der Waals surface area contributed by atoms with Crippen LogP contribution in [0.3, 0.4) is 0 Å². The number of rotatable bonds is 3. The minimum atomic E-state index is -0.794. The van der Waals surface area contributed by atoms with E-state index in [0.29, 0.717) is 26.2 Å². The molecular weight excluding hydrogens is 246 g/mol. The Kier molecular flexibility index (Phi) is 4.42. The molecule has 0 aliphatic carbocycles. The fraction of sp³-hybridized carbons (Fsp3) is 0.846. The number of amides is 1. The van der Waals surface area contributed by atoms with Crippen LogP contribution in [0.25, 0.3) is 0 Å². The number of carbonyl (C=O) groups excluding carboxylic acids is 1. The zero-order chi connectivity index (χ0) is 14.0. The summed E-state index contributed by atoms with van der Waals surface area (Å²) in [5.74, 6) is -0.419. The number of hydrogen-bond donors (Lipinski definition) is 1. The number of aliphatic carboxylic acids is 1. The fourth-order valence-corrected chi connectivity index (χ4v) is 2.88. The van der Waals surface area contributed by atoms with E-state index in [9.17, 15) is 9.59 Å². The molecule has 2 aliphatic heterocycles. The first kappa shape index (κ1) is 14.3. The predicted octanol–water partition coefficient (Wildman–Crippen LogP) is -0.445. The Labute approximate surface area is 114 Å². The Morgan fingerprint density at radius 2 is 1.79 bits per heavy atom. The van der Waals surface area contributed by atoms with E-state index in [1.54, 1.807) is 6.92 Å². The zero-order valence-electron chi connectivity index (χ0n) is 11.7. The second kappa shape index (κ2) is 5.88. The lowest BCUT2D eigenvalue weighted by atomic mass is 10.1. The van der Waals surface area contributed by atoms with Crippen LogP contribution >= 0.6 is 0 Å². The van der Waals surface area contributed by atoms with Gasteiger partial charge in [0.25, 0.3) is 0 Å². The molecule has 0 aromatic rings. The summed E-state index contributed by atoms with van der Waals surface area (Å²) >= 11 is 0. The van der Waals surface area contributed by atoms with Crippen molar-refractivity contribution in [2.24, 2.45) is 5.92 Å². The average molecular weight is 269 g/mol. The van der Waals surface area contributed by atoms with Crippen LogP contribution in [0, 0.1) is 5.92 Å². The van der Waals surface area contributed by atoms with Gasteiger partial charge in [0.15, 0.2) is 0 Å². The lowest BCUT2D eigenvalue weighted by molar-refractivity contribution is -0.144. The third-order valence-electron chi connectivity index (χ3n) is 4.27. The highest BCUT2D eigenvalue weighted by Gasteiger charge is 2.32. The second-order valence-electron chi connectivity index (χ2n) is 5.62. The second-order valence-corrected chi connectivity index (χ2v) is 5.62. The first-order valence-corrected chi connectivity index (χ1v) is 6.93. The molecule has 0 radical (unpaired) electrons. The summed E-state index contributed by atoms with van der Waals surface area (Å²) < 4.78 is 0. The van der Waals surface area contributed by atoms with Crippen molar-refractivity contribution < 1.29 is 14.7 Å². The minimum absolute atomic E-state index is 0.133. The van der Waals surface area contributed by atoms with E-state index in [-0.39, 0.29) is 11.8 Å². The quantitative estimate of drug-likeness (QED) is 0.752. The van der Waals surface area contributed by atoms with Crippen molar-refractivity contribution in [1.82, 2.24) is 14.7 Å². The third-order valence-corrected chi connectivity index (χ3v) is 4.27. The zero-order valence-corrected chi connectivity index (χ0v) is 11.7. The number of carboxylic acid groups (broad SMARTS) is 1. The third kappa shape index (κ3) is 3.25. The summed E-state index contributed by atoms with van der Waals surface area (Å²) in [7, 11) is 2.04. The lowest BCUT2D eigenvalue weighted by Crippen LogP contribution is -2.54. The van der Waals surface area contributed by atoms with Crippen molar-refractivity contribution in [3.8, 4) is 0 Å². The number of carbonyl (C=O) groups is 2. The standard InChI is InChI=1S/C13H23N3O3/c1-10(13(18)19)15-5-7-16(8-6-15)12(17)11-3-4-14(2)9-11/h10-11H,3-9H2,1-2H3,(H,18,19).